The van der Waals surface area contributed by atoms with Crippen LogP contribution < -0.4 is 10.6 Å². The number of hydrogen-bond donors (Lipinski definition) is 2. The summed E-state index contributed by atoms with van der Waals surface area (Å²) in [4.78, 5) is 16.2. The number of fused-ring (bicyclic) bond motifs is 1. The monoisotopic (exact) mass is 284 g/mol. The van der Waals surface area contributed by atoms with E-state index in [-0.39, 0.29) is 17.9 Å². The van der Waals surface area contributed by atoms with E-state index in [4.69, 9.17) is 4.52 Å². The summed E-state index contributed by atoms with van der Waals surface area (Å²) in [6.45, 7) is 1.44. The van der Waals surface area contributed by atoms with Crippen LogP contribution >= 0.6 is 0 Å². The lowest BCUT2D eigenvalue weighted by Crippen LogP contribution is -2.53. The summed E-state index contributed by atoms with van der Waals surface area (Å²) in [5, 5.41) is 10.1. The lowest BCUT2D eigenvalue weighted by molar-refractivity contribution is -0.124. The normalized spacial score (nSPS) is 24.1. The number of nitrogens with one attached hydrogen (secondary N) is 2. The van der Waals surface area contributed by atoms with Crippen molar-refractivity contribution in [1.82, 2.24) is 20.8 Å². The van der Waals surface area contributed by atoms with Crippen LogP contribution in [0.15, 0.2) is 28.8 Å². The molecule has 2 N–H and O–H groups in total. The van der Waals surface area contributed by atoms with Crippen molar-refractivity contribution in [2.75, 3.05) is 13.1 Å². The van der Waals surface area contributed by atoms with E-state index < -0.39 is 0 Å². The highest BCUT2D eigenvalue weighted by molar-refractivity contribution is 5.82. The van der Waals surface area contributed by atoms with Gasteiger partial charge in [0.25, 0.3) is 0 Å². The second-order valence-corrected chi connectivity index (χ2v) is 5.50. The van der Waals surface area contributed by atoms with Gasteiger partial charge in [0.05, 0.1) is 18.4 Å². The van der Waals surface area contributed by atoms with Crippen LogP contribution in [0.3, 0.4) is 0 Å². The minimum absolute atomic E-state index is 0.00464. The molecule has 0 bridgehead atoms. The predicted octanol–water partition coefficient (Wildman–Crippen LogP) is 0.388. The van der Waals surface area contributed by atoms with Gasteiger partial charge < -0.3 is 15.2 Å². The van der Waals surface area contributed by atoms with Crippen molar-refractivity contribution in [1.29, 1.82) is 0 Å². The molecule has 1 aliphatic carbocycles. The van der Waals surface area contributed by atoms with E-state index in [2.05, 4.69) is 32.9 Å². The molecule has 1 fully saturated rings. The number of piperazine rings is 1. The van der Waals surface area contributed by atoms with E-state index in [0.717, 1.165) is 18.8 Å². The number of carbonyl (C=O) groups excluding carboxylic acids is 1. The zero-order chi connectivity index (χ0) is 14.2. The Balaban J connectivity index is 1.48. The third-order valence-corrected chi connectivity index (χ3v) is 4.16. The topological polar surface area (TPSA) is 80.0 Å². The first-order valence-corrected chi connectivity index (χ1v) is 7.22. The third kappa shape index (κ3) is 2.21. The van der Waals surface area contributed by atoms with E-state index in [0.29, 0.717) is 18.9 Å². The predicted molar refractivity (Wildman–Crippen MR) is 74.8 cm³/mol. The van der Waals surface area contributed by atoms with Crippen LogP contribution in [0.25, 0.3) is 0 Å². The van der Waals surface area contributed by atoms with Gasteiger partial charge in [0.2, 0.25) is 11.8 Å². The van der Waals surface area contributed by atoms with Gasteiger partial charge in [0, 0.05) is 13.1 Å². The van der Waals surface area contributed by atoms with Crippen molar-refractivity contribution in [3.05, 3.63) is 47.1 Å². The highest BCUT2D eigenvalue weighted by Crippen LogP contribution is 2.38. The van der Waals surface area contributed by atoms with Crippen LogP contribution in [0, 0.1) is 0 Å². The third-order valence-electron chi connectivity index (χ3n) is 4.16. The summed E-state index contributed by atoms with van der Waals surface area (Å²) in [7, 11) is 0. The van der Waals surface area contributed by atoms with E-state index in [1.165, 1.54) is 11.1 Å². The molecule has 1 aromatic heterocycles. The minimum Gasteiger partial charge on any atom is -0.353 e. The van der Waals surface area contributed by atoms with E-state index >= 15 is 0 Å². The van der Waals surface area contributed by atoms with Crippen molar-refractivity contribution in [3.63, 3.8) is 0 Å². The standard InChI is InChI=1S/C15H16N4O2/c20-15-12(16-5-6-17-15)8-13-18-14(19-21-13)11-7-9-3-1-2-4-10(9)11/h1-4,11-12,16H,5-8H2,(H,17,20). The number of nitrogens with zero attached hydrogens (tertiary/aromatic N) is 2. The molecule has 1 aromatic carbocycles. The van der Waals surface area contributed by atoms with Crippen molar-refractivity contribution >= 4 is 5.91 Å². The molecular formula is C15H16N4O2. The smallest absolute Gasteiger partial charge is 0.237 e. The van der Waals surface area contributed by atoms with Gasteiger partial charge in [-0.2, -0.15) is 4.98 Å². The van der Waals surface area contributed by atoms with Gasteiger partial charge in [0.15, 0.2) is 5.82 Å². The SMILES string of the molecule is O=C1NCCNC1Cc1nc(C2Cc3ccccc32)no1. The molecule has 6 nitrogen and oxygen atoms in total. The molecule has 4 rings (SSSR count). The van der Waals surface area contributed by atoms with Crippen molar-refractivity contribution in [3.8, 4) is 0 Å². The summed E-state index contributed by atoms with van der Waals surface area (Å²) in [5.74, 6) is 1.46. The van der Waals surface area contributed by atoms with Gasteiger partial charge in [-0.3, -0.25) is 4.79 Å². The first kappa shape index (κ1) is 12.5. The van der Waals surface area contributed by atoms with Crippen LogP contribution in [-0.4, -0.2) is 35.2 Å². The summed E-state index contributed by atoms with van der Waals surface area (Å²) in [6, 6.07) is 8.03. The van der Waals surface area contributed by atoms with E-state index in [1.54, 1.807) is 0 Å². The zero-order valence-electron chi connectivity index (χ0n) is 11.5. The van der Waals surface area contributed by atoms with Crippen molar-refractivity contribution in [2.45, 2.75) is 24.8 Å². The second kappa shape index (κ2) is 4.96. The maximum atomic E-state index is 11.7. The Kier molecular flexibility index (Phi) is 2.96. The van der Waals surface area contributed by atoms with Crippen LogP contribution in [0.4, 0.5) is 0 Å². The van der Waals surface area contributed by atoms with Gasteiger partial charge in [-0.25, -0.2) is 0 Å². The molecule has 2 atom stereocenters. The van der Waals surface area contributed by atoms with Gasteiger partial charge in [-0.1, -0.05) is 29.4 Å². The molecule has 0 radical (unpaired) electrons. The van der Waals surface area contributed by atoms with Crippen molar-refractivity contribution < 1.29 is 9.32 Å². The molecule has 0 saturated carbocycles. The highest BCUT2D eigenvalue weighted by Gasteiger charge is 2.32. The second-order valence-electron chi connectivity index (χ2n) is 5.50. The average molecular weight is 284 g/mol. The molecule has 2 aliphatic rings. The summed E-state index contributed by atoms with van der Waals surface area (Å²) >= 11 is 0. The number of hydrogen-bond acceptors (Lipinski definition) is 5. The van der Waals surface area contributed by atoms with Gasteiger partial charge in [-0.15, -0.1) is 0 Å². The van der Waals surface area contributed by atoms with E-state index in [9.17, 15) is 4.79 Å². The van der Waals surface area contributed by atoms with Gasteiger partial charge in [0.1, 0.15) is 0 Å². The molecular weight excluding hydrogens is 268 g/mol. The fraction of sp³-hybridized carbons (Fsp3) is 0.400. The molecule has 0 spiro atoms. The lowest BCUT2D eigenvalue weighted by atomic mass is 9.77. The van der Waals surface area contributed by atoms with E-state index in [1.807, 2.05) is 12.1 Å². The Morgan fingerprint density at radius 2 is 2.19 bits per heavy atom. The highest BCUT2D eigenvalue weighted by atomic mass is 16.5. The molecule has 1 amide bonds. The van der Waals surface area contributed by atoms with Crippen LogP contribution in [0.1, 0.15) is 28.8 Å². The number of carbonyl (C=O) groups is 1. The molecule has 2 heterocycles. The maximum absolute atomic E-state index is 11.7. The summed E-state index contributed by atoms with van der Waals surface area (Å²) in [5.41, 5.74) is 2.63. The molecule has 2 unspecified atom stereocenters. The Morgan fingerprint density at radius 1 is 1.29 bits per heavy atom. The quantitative estimate of drug-likeness (QED) is 0.852. The Bertz CT molecular complexity index is 682. The maximum Gasteiger partial charge on any atom is 0.237 e. The molecule has 108 valence electrons. The lowest BCUT2D eigenvalue weighted by Gasteiger charge is -2.27. The Hall–Kier alpha value is -2.21. The molecule has 21 heavy (non-hydrogen) atoms. The number of aromatic nitrogens is 2. The molecule has 6 heteroatoms. The first-order chi connectivity index (χ1) is 10.3. The number of benzene rings is 1. The van der Waals surface area contributed by atoms with Crippen LogP contribution in [-0.2, 0) is 17.6 Å². The van der Waals surface area contributed by atoms with Crippen LogP contribution in [0.5, 0.6) is 0 Å². The number of rotatable bonds is 3. The van der Waals surface area contributed by atoms with Gasteiger partial charge in [-0.05, 0) is 17.5 Å². The fourth-order valence-electron chi connectivity index (χ4n) is 2.97. The number of amides is 1. The largest absolute Gasteiger partial charge is 0.353 e. The summed E-state index contributed by atoms with van der Waals surface area (Å²) < 4.78 is 5.31. The molecule has 2 aromatic rings. The summed E-state index contributed by atoms with van der Waals surface area (Å²) in [6.07, 6.45) is 1.39. The van der Waals surface area contributed by atoms with Gasteiger partial charge >= 0.3 is 0 Å². The first-order valence-electron chi connectivity index (χ1n) is 7.22. The molecule has 1 saturated heterocycles. The minimum atomic E-state index is -0.277. The van der Waals surface area contributed by atoms with Crippen LogP contribution in [0.2, 0.25) is 0 Å². The zero-order valence-corrected chi connectivity index (χ0v) is 11.5. The Morgan fingerprint density at radius 3 is 3.05 bits per heavy atom. The fourth-order valence-corrected chi connectivity index (χ4v) is 2.97. The molecule has 1 aliphatic heterocycles. The Labute approximate surface area is 121 Å². The van der Waals surface area contributed by atoms with Crippen molar-refractivity contribution in [2.24, 2.45) is 0 Å². The average Bonchev–Trinajstić information content (AvgIpc) is 2.91.